The minimum absolute atomic E-state index is 0.376. The lowest BCUT2D eigenvalue weighted by molar-refractivity contribution is 0.603. The van der Waals surface area contributed by atoms with Gasteiger partial charge in [0.15, 0.2) is 0 Å². The van der Waals surface area contributed by atoms with E-state index in [1.807, 2.05) is 0 Å². The Hall–Kier alpha value is -0.240. The monoisotopic (exact) mass is 206 g/mol. The molecule has 0 bridgehead atoms. The molecule has 2 nitrogen and oxygen atoms in total. The van der Waals surface area contributed by atoms with Gasteiger partial charge in [-0.05, 0) is 24.3 Å². The van der Waals surface area contributed by atoms with E-state index >= 15 is 0 Å². The fraction of sp³-hybridized carbons (Fsp3) is 0. The van der Waals surface area contributed by atoms with E-state index in [2.05, 4.69) is 0 Å². The van der Waals surface area contributed by atoms with Gasteiger partial charge in [-0.25, -0.2) is 4.21 Å². The maximum atomic E-state index is 10.9. The molecule has 0 saturated carbocycles. The molecule has 0 aliphatic carbocycles. The van der Waals surface area contributed by atoms with Crippen molar-refractivity contribution in [3.63, 3.8) is 0 Å². The van der Waals surface area contributed by atoms with Gasteiger partial charge in [0.2, 0.25) is 0 Å². The molecule has 0 aliphatic rings. The van der Waals surface area contributed by atoms with E-state index in [1.165, 1.54) is 0 Å². The van der Waals surface area contributed by atoms with Crippen LogP contribution in [0.2, 0.25) is 5.02 Å². The Bertz CT molecular complexity index is 285. The molecule has 58 valence electrons. The quantitative estimate of drug-likeness (QED) is 0.697. The van der Waals surface area contributed by atoms with Gasteiger partial charge in [0.25, 0.3) is 7.66 Å². The Morgan fingerprint density at radius 1 is 1.27 bits per heavy atom. The molecule has 0 radical (unpaired) electrons. The highest BCUT2D eigenvalue weighted by Crippen LogP contribution is 2.17. The first-order valence-corrected chi connectivity index (χ1v) is 5.69. The van der Waals surface area contributed by atoms with Crippen LogP contribution in [-0.4, -0.2) is 4.21 Å². The van der Waals surface area contributed by atoms with E-state index in [9.17, 15) is 8.77 Å². The molecule has 1 unspecified atom stereocenters. The van der Waals surface area contributed by atoms with Crippen molar-refractivity contribution >= 4 is 29.7 Å². The first-order valence-electron chi connectivity index (χ1n) is 2.75. The summed E-state index contributed by atoms with van der Waals surface area (Å²) in [5.41, 5.74) is 0. The maximum absolute atomic E-state index is 10.9. The second-order valence-corrected chi connectivity index (χ2v) is 4.77. The molecule has 0 spiro atoms. The van der Waals surface area contributed by atoms with Gasteiger partial charge >= 0.3 is 0 Å². The lowest BCUT2D eigenvalue weighted by Crippen LogP contribution is -1.78. The number of halogens is 1. The third-order valence-electron chi connectivity index (χ3n) is 1.08. The molecule has 1 aromatic carbocycles. The first kappa shape index (κ1) is 8.85. The summed E-state index contributed by atoms with van der Waals surface area (Å²) in [6, 6.07) is 6.40. The third-order valence-corrected chi connectivity index (χ3v) is 3.18. The van der Waals surface area contributed by atoms with E-state index in [0.717, 1.165) is 0 Å². The summed E-state index contributed by atoms with van der Waals surface area (Å²) in [6.45, 7) is 0. The molecule has 0 aliphatic heterocycles. The van der Waals surface area contributed by atoms with Gasteiger partial charge in [0, 0.05) is 5.02 Å². The second-order valence-electron chi connectivity index (χ2n) is 1.78. The number of hydrogen-bond donors (Lipinski definition) is 0. The van der Waals surface area contributed by atoms with Crippen molar-refractivity contribution in [3.05, 3.63) is 29.3 Å². The SMILES string of the molecule is O=PS(=O)c1ccc(Cl)cc1. The molecule has 0 amide bonds. The molecule has 0 aromatic heterocycles. The average molecular weight is 207 g/mol. The van der Waals surface area contributed by atoms with Gasteiger partial charge in [-0.2, -0.15) is 0 Å². The van der Waals surface area contributed by atoms with Gasteiger partial charge in [-0.3, -0.25) is 4.57 Å². The van der Waals surface area contributed by atoms with Crippen LogP contribution in [0, 0.1) is 0 Å². The zero-order chi connectivity index (χ0) is 8.27. The largest absolute Gasteiger partial charge is 0.264 e. The Labute approximate surface area is 73.0 Å². The van der Waals surface area contributed by atoms with E-state index in [1.54, 1.807) is 24.3 Å². The van der Waals surface area contributed by atoms with Crippen molar-refractivity contribution in [2.45, 2.75) is 4.90 Å². The van der Waals surface area contributed by atoms with E-state index in [0.29, 0.717) is 9.92 Å². The van der Waals surface area contributed by atoms with Crippen LogP contribution in [0.1, 0.15) is 0 Å². The summed E-state index contributed by atoms with van der Waals surface area (Å²) < 4.78 is 21.0. The molecule has 1 aromatic rings. The van der Waals surface area contributed by atoms with Crippen LogP contribution in [0.4, 0.5) is 0 Å². The summed E-state index contributed by atoms with van der Waals surface area (Å²) in [5.74, 6) is 0. The summed E-state index contributed by atoms with van der Waals surface area (Å²) >= 11 is 5.58. The molecule has 0 fully saturated rings. The summed E-state index contributed by atoms with van der Waals surface area (Å²) in [4.78, 5) is 0.520. The molecular formula is C6H4ClO2PS. The highest BCUT2D eigenvalue weighted by atomic mass is 35.5. The highest BCUT2D eigenvalue weighted by molar-refractivity contribution is 8.35. The van der Waals surface area contributed by atoms with Crippen LogP contribution < -0.4 is 0 Å². The smallest absolute Gasteiger partial charge is 0.259 e. The van der Waals surface area contributed by atoms with E-state index in [4.69, 9.17) is 11.6 Å². The predicted octanol–water partition coefficient (Wildman–Crippen LogP) is 2.65. The van der Waals surface area contributed by atoms with Crippen molar-refractivity contribution in [1.82, 2.24) is 0 Å². The fourth-order valence-corrected chi connectivity index (χ4v) is 1.80. The maximum Gasteiger partial charge on any atom is 0.264 e. The lowest BCUT2D eigenvalue weighted by atomic mass is 10.4. The van der Waals surface area contributed by atoms with E-state index in [-0.39, 0.29) is 7.66 Å². The van der Waals surface area contributed by atoms with Crippen LogP contribution in [0.3, 0.4) is 0 Å². The van der Waals surface area contributed by atoms with Gasteiger partial charge in [-0.1, -0.05) is 11.6 Å². The second kappa shape index (κ2) is 3.96. The van der Waals surface area contributed by atoms with Crippen LogP contribution in [0.25, 0.3) is 0 Å². The van der Waals surface area contributed by atoms with Crippen molar-refractivity contribution < 1.29 is 8.77 Å². The molecule has 5 heteroatoms. The summed E-state index contributed by atoms with van der Waals surface area (Å²) in [5, 5.41) is 0.577. The van der Waals surface area contributed by atoms with Crippen molar-refractivity contribution in [1.29, 1.82) is 0 Å². The standard InChI is InChI=1S/C6H4ClO2PS/c7-5-1-3-6(4-2-5)11(9)10-8/h1-4H. The Morgan fingerprint density at radius 3 is 2.27 bits per heavy atom. The molecule has 0 heterocycles. The zero-order valence-electron chi connectivity index (χ0n) is 5.36. The minimum atomic E-state index is -1.44. The van der Waals surface area contributed by atoms with Crippen LogP contribution >= 0.6 is 19.3 Å². The number of benzene rings is 1. The third kappa shape index (κ3) is 2.37. The molecule has 11 heavy (non-hydrogen) atoms. The molecule has 1 rings (SSSR count). The molecule has 1 atom stereocenters. The average Bonchev–Trinajstić information content (AvgIpc) is 2.05. The van der Waals surface area contributed by atoms with Crippen LogP contribution in [0.15, 0.2) is 29.2 Å². The summed E-state index contributed by atoms with van der Waals surface area (Å²) in [7, 11) is -1.82. The predicted molar refractivity (Wildman–Crippen MR) is 45.5 cm³/mol. The van der Waals surface area contributed by atoms with Gasteiger partial charge in [0.05, 0.1) is 4.90 Å². The number of rotatable bonds is 2. The van der Waals surface area contributed by atoms with Gasteiger partial charge < -0.3 is 0 Å². The zero-order valence-corrected chi connectivity index (χ0v) is 7.83. The van der Waals surface area contributed by atoms with E-state index < -0.39 is 10.4 Å². The summed E-state index contributed by atoms with van der Waals surface area (Å²) in [6.07, 6.45) is 0. The number of hydrogen-bond acceptors (Lipinski definition) is 2. The topological polar surface area (TPSA) is 34.1 Å². The Balaban J connectivity index is 2.98. The first-order chi connectivity index (χ1) is 5.24. The highest BCUT2D eigenvalue weighted by Gasteiger charge is 2.00. The Morgan fingerprint density at radius 2 is 1.82 bits per heavy atom. The molecule has 0 N–H and O–H groups in total. The van der Waals surface area contributed by atoms with Gasteiger partial charge in [-0.15, -0.1) is 0 Å². The van der Waals surface area contributed by atoms with Crippen molar-refractivity contribution in [3.8, 4) is 0 Å². The molecular weight excluding hydrogens is 203 g/mol. The van der Waals surface area contributed by atoms with Crippen LogP contribution in [0.5, 0.6) is 0 Å². The van der Waals surface area contributed by atoms with Crippen molar-refractivity contribution in [2.24, 2.45) is 0 Å². The van der Waals surface area contributed by atoms with Gasteiger partial charge in [0.1, 0.15) is 10.4 Å². The normalized spacial score (nSPS) is 13.2. The lowest BCUT2D eigenvalue weighted by Gasteiger charge is -1.91. The van der Waals surface area contributed by atoms with Crippen LogP contribution in [-0.2, 0) is 15.0 Å². The minimum Gasteiger partial charge on any atom is -0.259 e. The Kier molecular flexibility index (Phi) is 3.18. The van der Waals surface area contributed by atoms with Crippen molar-refractivity contribution in [2.75, 3.05) is 0 Å². The fourth-order valence-electron chi connectivity index (χ4n) is 0.594. The molecule has 0 saturated heterocycles.